The van der Waals surface area contributed by atoms with Crippen molar-refractivity contribution < 1.29 is 27.8 Å². The number of hydrogen-bond donors (Lipinski definition) is 0. The molecule has 1 aromatic carbocycles. The molecule has 29 heavy (non-hydrogen) atoms. The predicted octanol–water partition coefficient (Wildman–Crippen LogP) is 2.46. The van der Waals surface area contributed by atoms with Gasteiger partial charge in [-0.25, -0.2) is 13.5 Å². The third-order valence-corrected chi connectivity index (χ3v) is 5.30. The monoisotopic (exact) mass is 407 g/mol. The highest BCUT2D eigenvalue weighted by atomic mass is 19.1. The lowest BCUT2D eigenvalue weighted by molar-refractivity contribution is -0.181. The van der Waals surface area contributed by atoms with E-state index in [2.05, 4.69) is 10.3 Å². The van der Waals surface area contributed by atoms with Crippen LogP contribution in [0.25, 0.3) is 0 Å². The van der Waals surface area contributed by atoms with Crippen LogP contribution in [-0.2, 0) is 32.0 Å². The summed E-state index contributed by atoms with van der Waals surface area (Å²) in [4.78, 5) is 24.8. The first-order valence-corrected chi connectivity index (χ1v) is 9.34. The van der Waals surface area contributed by atoms with Crippen LogP contribution < -0.4 is 0 Å². The minimum Gasteiger partial charge on any atom is -0.468 e. The molecule has 1 aromatic heterocycles. The molecule has 9 heteroatoms. The molecular weight excluding hydrogens is 384 g/mol. The quantitative estimate of drug-likeness (QED) is 0.540. The fourth-order valence-electron chi connectivity index (χ4n) is 3.57. The summed E-state index contributed by atoms with van der Waals surface area (Å²) >= 11 is 0. The molecule has 3 atom stereocenters. The van der Waals surface area contributed by atoms with E-state index in [0.717, 1.165) is 6.07 Å². The van der Waals surface area contributed by atoms with Gasteiger partial charge in [-0.2, -0.15) is 0 Å². The topological polar surface area (TPSA) is 83.3 Å². The van der Waals surface area contributed by atoms with Crippen molar-refractivity contribution >= 4 is 11.8 Å². The van der Waals surface area contributed by atoms with Crippen LogP contribution in [0.3, 0.4) is 0 Å². The number of methoxy groups -OCH3 is 1. The van der Waals surface area contributed by atoms with Gasteiger partial charge in [-0.05, 0) is 32.8 Å². The Morgan fingerprint density at radius 2 is 2.17 bits per heavy atom. The summed E-state index contributed by atoms with van der Waals surface area (Å²) in [6.45, 7) is 3.44. The van der Waals surface area contributed by atoms with E-state index in [-0.39, 0.29) is 30.4 Å². The number of ketones is 1. The summed E-state index contributed by atoms with van der Waals surface area (Å²) in [7, 11) is 1.25. The molecule has 7 nitrogen and oxygen atoms in total. The van der Waals surface area contributed by atoms with Crippen LogP contribution in [0.2, 0.25) is 0 Å². The van der Waals surface area contributed by atoms with Crippen molar-refractivity contribution in [2.75, 3.05) is 7.11 Å². The summed E-state index contributed by atoms with van der Waals surface area (Å²) < 4.78 is 39.0. The molecule has 156 valence electrons. The number of carbonyl (C=O) groups excluding carboxylic acids is 2. The lowest BCUT2D eigenvalue weighted by atomic mass is 9.74. The molecule has 2 aromatic rings. The van der Waals surface area contributed by atoms with Crippen molar-refractivity contribution in [1.29, 1.82) is 0 Å². The number of esters is 1. The van der Waals surface area contributed by atoms with Crippen molar-refractivity contribution in [1.82, 2.24) is 15.0 Å². The Balaban J connectivity index is 1.69. The molecular formula is C20H23F2N3O4. The van der Waals surface area contributed by atoms with Gasteiger partial charge in [-0.1, -0.05) is 11.3 Å². The molecule has 0 spiro atoms. The Labute approximate surface area is 167 Å². The lowest BCUT2D eigenvalue weighted by Crippen LogP contribution is -2.54. The second kappa shape index (κ2) is 8.36. The fraction of sp³-hybridized carbons (Fsp3) is 0.500. The average Bonchev–Trinajstić information content (AvgIpc) is 3.12. The van der Waals surface area contributed by atoms with Crippen LogP contribution in [0.5, 0.6) is 0 Å². The first-order valence-electron chi connectivity index (χ1n) is 9.34. The normalized spacial score (nSPS) is 24.5. The molecule has 0 bridgehead atoms. The Hall–Kier alpha value is -2.68. The Kier molecular flexibility index (Phi) is 6.07. The summed E-state index contributed by atoms with van der Waals surface area (Å²) in [5.74, 6) is -2.12. The Morgan fingerprint density at radius 1 is 1.41 bits per heavy atom. The van der Waals surface area contributed by atoms with Crippen LogP contribution in [0.4, 0.5) is 8.78 Å². The van der Waals surface area contributed by atoms with Gasteiger partial charge in [-0.3, -0.25) is 9.59 Å². The van der Waals surface area contributed by atoms with Crippen LogP contribution in [-0.4, -0.2) is 46.1 Å². The van der Waals surface area contributed by atoms with Crippen molar-refractivity contribution in [3.8, 4) is 0 Å². The van der Waals surface area contributed by atoms with Gasteiger partial charge in [0.2, 0.25) is 0 Å². The number of hydrogen-bond acceptors (Lipinski definition) is 6. The number of benzene rings is 1. The number of ether oxygens (including phenoxy) is 2. The van der Waals surface area contributed by atoms with Crippen molar-refractivity contribution in [2.24, 2.45) is 5.41 Å². The van der Waals surface area contributed by atoms with Crippen LogP contribution in [0, 0.1) is 17.0 Å². The predicted molar refractivity (Wildman–Crippen MR) is 97.9 cm³/mol. The van der Waals surface area contributed by atoms with Gasteiger partial charge in [0.05, 0.1) is 31.6 Å². The molecule has 2 heterocycles. The maximum atomic E-state index is 13.8. The summed E-state index contributed by atoms with van der Waals surface area (Å²) in [6.07, 6.45) is 1.63. The Bertz CT molecular complexity index is 917. The van der Waals surface area contributed by atoms with Gasteiger partial charge < -0.3 is 9.47 Å². The standard InChI is InChI=1S/C20H23F2N3O4/c1-12-8-17(26)20(2,19(27)28-3)18(29-12)7-6-15-11-25(24-23-15)10-13-4-5-14(21)9-16(13)22/h4-5,9,11-12,18H,6-8,10H2,1-3H3/t12-,18+,20+/m1/s1. The van der Waals surface area contributed by atoms with E-state index < -0.39 is 29.1 Å². The highest BCUT2D eigenvalue weighted by molar-refractivity contribution is 6.04. The van der Waals surface area contributed by atoms with E-state index >= 15 is 0 Å². The second-order valence-electron chi connectivity index (χ2n) is 7.44. The number of nitrogens with zero attached hydrogens (tertiary/aromatic N) is 3. The van der Waals surface area contributed by atoms with Crippen molar-refractivity contribution in [2.45, 2.75) is 51.9 Å². The van der Waals surface area contributed by atoms with Crippen LogP contribution in [0.15, 0.2) is 24.4 Å². The molecule has 1 aliphatic rings. The average molecular weight is 407 g/mol. The van der Waals surface area contributed by atoms with E-state index in [1.54, 1.807) is 20.0 Å². The van der Waals surface area contributed by atoms with Gasteiger partial charge >= 0.3 is 5.97 Å². The van der Waals surface area contributed by atoms with E-state index in [9.17, 15) is 18.4 Å². The number of Topliss-reactive ketones (excluding diaryl/α,β-unsaturated/α-hetero) is 1. The van der Waals surface area contributed by atoms with Gasteiger partial charge in [-0.15, -0.1) is 5.10 Å². The molecule has 1 saturated heterocycles. The minimum atomic E-state index is -1.37. The summed E-state index contributed by atoms with van der Waals surface area (Å²) in [5, 5.41) is 8.02. The molecule has 1 aliphatic heterocycles. The molecule has 0 radical (unpaired) electrons. The van der Waals surface area contributed by atoms with Crippen LogP contribution in [0.1, 0.15) is 37.9 Å². The molecule has 0 saturated carbocycles. The molecule has 0 N–H and O–H groups in total. The first kappa shape index (κ1) is 21.0. The zero-order valence-electron chi connectivity index (χ0n) is 16.5. The largest absolute Gasteiger partial charge is 0.468 e. The van der Waals surface area contributed by atoms with E-state index in [1.165, 1.54) is 23.9 Å². The number of aromatic nitrogens is 3. The minimum absolute atomic E-state index is 0.106. The third kappa shape index (κ3) is 4.34. The van der Waals surface area contributed by atoms with E-state index in [1.807, 2.05) is 0 Å². The molecule has 0 unspecified atom stereocenters. The number of halogens is 2. The SMILES string of the molecule is COC(=O)[C@@]1(C)C(=O)C[C@@H](C)O[C@H]1CCc1cn(Cc2ccc(F)cc2F)nn1. The number of aryl methyl sites for hydroxylation is 1. The van der Waals surface area contributed by atoms with Gasteiger partial charge in [0.25, 0.3) is 0 Å². The van der Waals surface area contributed by atoms with E-state index in [4.69, 9.17) is 9.47 Å². The van der Waals surface area contributed by atoms with Gasteiger partial charge in [0.15, 0.2) is 5.78 Å². The highest BCUT2D eigenvalue weighted by Crippen LogP contribution is 2.37. The zero-order chi connectivity index (χ0) is 21.2. The number of carbonyl (C=O) groups is 2. The van der Waals surface area contributed by atoms with Crippen molar-refractivity contribution in [3.63, 3.8) is 0 Å². The van der Waals surface area contributed by atoms with Crippen molar-refractivity contribution in [3.05, 3.63) is 47.3 Å². The summed E-state index contributed by atoms with van der Waals surface area (Å²) in [6, 6.07) is 3.36. The third-order valence-electron chi connectivity index (χ3n) is 5.30. The molecule has 0 aliphatic carbocycles. The Morgan fingerprint density at radius 3 is 2.86 bits per heavy atom. The fourth-order valence-corrected chi connectivity index (χ4v) is 3.57. The maximum Gasteiger partial charge on any atom is 0.321 e. The maximum absolute atomic E-state index is 13.8. The number of rotatable bonds is 6. The zero-order valence-corrected chi connectivity index (χ0v) is 16.5. The van der Waals surface area contributed by atoms with Gasteiger partial charge in [0.1, 0.15) is 17.0 Å². The lowest BCUT2D eigenvalue weighted by Gasteiger charge is -2.40. The van der Waals surface area contributed by atoms with E-state index in [0.29, 0.717) is 18.5 Å². The molecule has 0 amide bonds. The summed E-state index contributed by atoms with van der Waals surface area (Å²) in [5.41, 5.74) is -0.473. The second-order valence-corrected chi connectivity index (χ2v) is 7.44. The highest BCUT2D eigenvalue weighted by Gasteiger charge is 2.52. The van der Waals surface area contributed by atoms with Crippen LogP contribution >= 0.6 is 0 Å². The smallest absolute Gasteiger partial charge is 0.321 e. The first-order chi connectivity index (χ1) is 13.7. The van der Waals surface area contributed by atoms with Gasteiger partial charge in [0, 0.05) is 24.2 Å². The molecule has 1 fully saturated rings. The molecule has 3 rings (SSSR count).